The van der Waals surface area contributed by atoms with Crippen molar-refractivity contribution in [3.63, 3.8) is 0 Å². The Morgan fingerprint density at radius 2 is 1.67 bits per heavy atom. The Morgan fingerprint density at radius 1 is 0.952 bits per heavy atom. The van der Waals surface area contributed by atoms with Crippen LogP contribution in [0.1, 0.15) is 0 Å². The van der Waals surface area contributed by atoms with Gasteiger partial charge in [-0.3, -0.25) is 5.10 Å². The molecule has 106 valence electrons. The van der Waals surface area contributed by atoms with Crippen molar-refractivity contribution in [2.75, 3.05) is 12.4 Å². The predicted molar refractivity (Wildman–Crippen MR) is 84.5 cm³/mol. The van der Waals surface area contributed by atoms with Crippen LogP contribution in [0.25, 0.3) is 11.4 Å². The average molecular weight is 297 g/mol. The van der Waals surface area contributed by atoms with Crippen LogP contribution in [-0.4, -0.2) is 27.5 Å². The second-order valence-electron chi connectivity index (χ2n) is 4.34. The molecule has 21 heavy (non-hydrogen) atoms. The molecule has 0 radical (unpaired) electrons. The molecule has 3 aromatic rings. The van der Waals surface area contributed by atoms with Gasteiger partial charge in [0.2, 0.25) is 5.16 Å². The standard InChI is InChI=1S/C16H15N3OS/c1-3-7-13(8-4-1)15-17-16(19-18-15)21-12-11-20-14-9-5-2-6-10-14/h1-10H,11-12H2,(H,17,18,19). The smallest absolute Gasteiger partial charge is 0.208 e. The van der Waals surface area contributed by atoms with Gasteiger partial charge in [-0.1, -0.05) is 60.3 Å². The van der Waals surface area contributed by atoms with Gasteiger partial charge in [0.25, 0.3) is 0 Å². The van der Waals surface area contributed by atoms with Crippen LogP contribution in [0.2, 0.25) is 0 Å². The van der Waals surface area contributed by atoms with Crippen LogP contribution in [-0.2, 0) is 0 Å². The van der Waals surface area contributed by atoms with E-state index in [1.807, 2.05) is 60.7 Å². The van der Waals surface area contributed by atoms with Crippen LogP contribution in [0.3, 0.4) is 0 Å². The number of H-pyrrole nitrogens is 1. The molecular weight excluding hydrogens is 282 g/mol. The third-order valence-corrected chi connectivity index (χ3v) is 3.65. The zero-order chi connectivity index (χ0) is 14.3. The third-order valence-electron chi connectivity index (χ3n) is 2.84. The van der Waals surface area contributed by atoms with Crippen LogP contribution in [0.5, 0.6) is 5.75 Å². The van der Waals surface area contributed by atoms with E-state index in [2.05, 4.69) is 15.2 Å². The molecule has 3 rings (SSSR count). The van der Waals surface area contributed by atoms with E-state index in [0.29, 0.717) is 6.61 Å². The van der Waals surface area contributed by atoms with Gasteiger partial charge in [0, 0.05) is 11.3 Å². The molecule has 0 aliphatic rings. The molecule has 0 aliphatic carbocycles. The number of hydrogen-bond donors (Lipinski definition) is 1. The summed E-state index contributed by atoms with van der Waals surface area (Å²) in [7, 11) is 0. The van der Waals surface area contributed by atoms with Gasteiger partial charge in [-0.05, 0) is 12.1 Å². The maximum absolute atomic E-state index is 5.63. The summed E-state index contributed by atoms with van der Waals surface area (Å²) in [6.45, 7) is 0.629. The highest BCUT2D eigenvalue weighted by atomic mass is 32.2. The summed E-state index contributed by atoms with van der Waals surface area (Å²) in [6.07, 6.45) is 0. The minimum atomic E-state index is 0.629. The van der Waals surface area contributed by atoms with Gasteiger partial charge in [-0.2, -0.15) is 0 Å². The van der Waals surface area contributed by atoms with Crippen LogP contribution < -0.4 is 4.74 Å². The Balaban J connectivity index is 1.49. The summed E-state index contributed by atoms with van der Waals surface area (Å²) in [5.41, 5.74) is 1.04. The van der Waals surface area contributed by atoms with E-state index in [4.69, 9.17) is 4.74 Å². The molecule has 5 heteroatoms. The molecule has 0 atom stereocenters. The fraction of sp³-hybridized carbons (Fsp3) is 0.125. The van der Waals surface area contributed by atoms with Crippen molar-refractivity contribution in [2.24, 2.45) is 0 Å². The van der Waals surface area contributed by atoms with Gasteiger partial charge >= 0.3 is 0 Å². The third kappa shape index (κ3) is 3.86. The molecule has 0 amide bonds. The second-order valence-corrected chi connectivity index (χ2v) is 5.40. The van der Waals surface area contributed by atoms with Gasteiger partial charge in [-0.25, -0.2) is 4.98 Å². The van der Waals surface area contributed by atoms with Crippen molar-refractivity contribution in [2.45, 2.75) is 5.16 Å². The minimum absolute atomic E-state index is 0.629. The summed E-state index contributed by atoms with van der Waals surface area (Å²) in [5, 5.41) is 7.91. The highest BCUT2D eigenvalue weighted by Gasteiger charge is 2.05. The van der Waals surface area contributed by atoms with E-state index >= 15 is 0 Å². The summed E-state index contributed by atoms with van der Waals surface area (Å²) in [4.78, 5) is 4.47. The summed E-state index contributed by atoms with van der Waals surface area (Å²) in [6, 6.07) is 19.8. The van der Waals surface area contributed by atoms with Gasteiger partial charge in [-0.15, -0.1) is 5.10 Å². The lowest BCUT2D eigenvalue weighted by Gasteiger charge is -2.03. The highest BCUT2D eigenvalue weighted by Crippen LogP contribution is 2.19. The van der Waals surface area contributed by atoms with Gasteiger partial charge in [0.1, 0.15) is 5.75 Å². The lowest BCUT2D eigenvalue weighted by Crippen LogP contribution is -1.99. The maximum atomic E-state index is 5.63. The summed E-state index contributed by atoms with van der Waals surface area (Å²) in [5.74, 6) is 2.49. The Kier molecular flexibility index (Phi) is 4.53. The van der Waals surface area contributed by atoms with Crippen molar-refractivity contribution >= 4 is 11.8 Å². The van der Waals surface area contributed by atoms with E-state index < -0.39 is 0 Å². The van der Waals surface area contributed by atoms with Crippen LogP contribution in [0.4, 0.5) is 0 Å². The van der Waals surface area contributed by atoms with Gasteiger partial charge < -0.3 is 4.74 Å². The zero-order valence-electron chi connectivity index (χ0n) is 11.4. The quantitative estimate of drug-likeness (QED) is 0.557. The number of para-hydroxylation sites is 1. The first-order chi connectivity index (χ1) is 10.4. The molecule has 0 bridgehead atoms. The van der Waals surface area contributed by atoms with Crippen LogP contribution in [0.15, 0.2) is 65.8 Å². The lowest BCUT2D eigenvalue weighted by atomic mass is 10.2. The van der Waals surface area contributed by atoms with Crippen LogP contribution in [0, 0.1) is 0 Å². The molecule has 1 N–H and O–H groups in total. The monoisotopic (exact) mass is 297 g/mol. The Hall–Kier alpha value is -2.27. The first-order valence-electron chi connectivity index (χ1n) is 6.70. The minimum Gasteiger partial charge on any atom is -0.493 e. The largest absolute Gasteiger partial charge is 0.493 e. The van der Waals surface area contributed by atoms with Crippen molar-refractivity contribution in [3.8, 4) is 17.1 Å². The number of nitrogens with zero attached hydrogens (tertiary/aromatic N) is 2. The maximum Gasteiger partial charge on any atom is 0.208 e. The summed E-state index contributed by atoms with van der Waals surface area (Å²) < 4.78 is 5.63. The molecule has 2 aromatic carbocycles. The number of thioether (sulfide) groups is 1. The first-order valence-corrected chi connectivity index (χ1v) is 7.69. The predicted octanol–water partition coefficient (Wildman–Crippen LogP) is 3.64. The Labute approximate surface area is 127 Å². The SMILES string of the molecule is c1ccc(OCCSc2n[nH]c(-c3ccccc3)n2)cc1. The highest BCUT2D eigenvalue weighted by molar-refractivity contribution is 7.99. The van der Waals surface area contributed by atoms with E-state index in [0.717, 1.165) is 28.0 Å². The normalized spacial score (nSPS) is 10.5. The molecule has 0 unspecified atom stereocenters. The molecule has 1 aromatic heterocycles. The van der Waals surface area contributed by atoms with Crippen molar-refractivity contribution < 1.29 is 4.74 Å². The van der Waals surface area contributed by atoms with E-state index in [9.17, 15) is 0 Å². The fourth-order valence-electron chi connectivity index (χ4n) is 1.85. The van der Waals surface area contributed by atoms with E-state index in [1.165, 1.54) is 0 Å². The van der Waals surface area contributed by atoms with Gasteiger partial charge in [0.05, 0.1) is 6.61 Å². The number of aromatic amines is 1. The Bertz CT molecular complexity index is 670. The topological polar surface area (TPSA) is 50.8 Å². The molecule has 0 aliphatic heterocycles. The number of rotatable bonds is 6. The van der Waals surface area contributed by atoms with E-state index in [-0.39, 0.29) is 0 Å². The molecule has 0 saturated heterocycles. The Morgan fingerprint density at radius 3 is 2.43 bits per heavy atom. The van der Waals surface area contributed by atoms with Crippen molar-refractivity contribution in [1.82, 2.24) is 15.2 Å². The van der Waals surface area contributed by atoms with E-state index in [1.54, 1.807) is 11.8 Å². The molecular formula is C16H15N3OS. The molecule has 4 nitrogen and oxygen atoms in total. The zero-order valence-corrected chi connectivity index (χ0v) is 12.2. The number of aromatic nitrogens is 3. The summed E-state index contributed by atoms with van der Waals surface area (Å²) >= 11 is 1.58. The molecule has 0 saturated carbocycles. The molecule has 0 fully saturated rings. The number of ether oxygens (including phenoxy) is 1. The molecule has 1 heterocycles. The van der Waals surface area contributed by atoms with Gasteiger partial charge in [0.15, 0.2) is 5.82 Å². The number of benzene rings is 2. The lowest BCUT2D eigenvalue weighted by molar-refractivity contribution is 0.344. The number of nitrogens with one attached hydrogen (secondary N) is 1. The second kappa shape index (κ2) is 6.95. The average Bonchev–Trinajstić information content (AvgIpc) is 3.02. The first kappa shape index (κ1) is 13.7. The molecule has 0 spiro atoms. The fourth-order valence-corrected chi connectivity index (χ4v) is 2.46. The van der Waals surface area contributed by atoms with Crippen molar-refractivity contribution in [3.05, 3.63) is 60.7 Å². The number of hydrogen-bond acceptors (Lipinski definition) is 4. The van der Waals surface area contributed by atoms with Crippen LogP contribution >= 0.6 is 11.8 Å². The van der Waals surface area contributed by atoms with Crippen molar-refractivity contribution in [1.29, 1.82) is 0 Å².